The van der Waals surface area contributed by atoms with Gasteiger partial charge in [0, 0.05) is 25.2 Å². The second-order valence-electron chi connectivity index (χ2n) is 4.99. The zero-order valence-corrected chi connectivity index (χ0v) is 14.1. The van der Waals surface area contributed by atoms with Crippen molar-refractivity contribution in [2.75, 3.05) is 19.6 Å². The van der Waals surface area contributed by atoms with E-state index < -0.39 is 10.0 Å². The van der Waals surface area contributed by atoms with Crippen LogP contribution in [0.4, 0.5) is 4.39 Å². The molecule has 0 spiro atoms. The molecule has 0 radical (unpaired) electrons. The number of aryl methyl sites for hydroxylation is 1. The highest BCUT2D eigenvalue weighted by molar-refractivity contribution is 7.89. The zero-order chi connectivity index (χ0) is 16.0. The molecule has 0 aliphatic carbocycles. The van der Waals surface area contributed by atoms with Crippen molar-refractivity contribution in [2.24, 2.45) is 0 Å². The molecule has 0 bridgehead atoms. The summed E-state index contributed by atoms with van der Waals surface area (Å²) in [6.07, 6.45) is 0.748. The van der Waals surface area contributed by atoms with Gasteiger partial charge >= 0.3 is 0 Å². The molecule has 1 aromatic carbocycles. The van der Waals surface area contributed by atoms with E-state index in [4.69, 9.17) is 0 Å². The molecule has 1 N–H and O–H groups in total. The molecule has 0 aromatic heterocycles. The van der Waals surface area contributed by atoms with E-state index in [2.05, 4.69) is 5.32 Å². The molecule has 120 valence electrons. The van der Waals surface area contributed by atoms with Crippen molar-refractivity contribution in [3.8, 4) is 0 Å². The average Bonchev–Trinajstić information content (AvgIpc) is 2.45. The number of nitrogens with one attached hydrogen (secondary N) is 1. The van der Waals surface area contributed by atoms with Crippen molar-refractivity contribution in [3.05, 3.63) is 29.1 Å². The minimum absolute atomic E-state index is 0.171. The minimum Gasteiger partial charge on any atom is -0.313 e. The van der Waals surface area contributed by atoms with Crippen molar-refractivity contribution in [1.29, 1.82) is 0 Å². The molecule has 0 amide bonds. The van der Waals surface area contributed by atoms with Crippen LogP contribution >= 0.6 is 0 Å². The fraction of sp³-hybridized carbons (Fsp3) is 0.600. The smallest absolute Gasteiger partial charge is 0.243 e. The van der Waals surface area contributed by atoms with Crippen LogP contribution in [0.1, 0.15) is 38.3 Å². The second kappa shape index (κ2) is 7.87. The van der Waals surface area contributed by atoms with Crippen molar-refractivity contribution < 1.29 is 12.8 Å². The first-order valence-electron chi connectivity index (χ1n) is 7.38. The molecule has 0 aliphatic rings. The Kier molecular flexibility index (Phi) is 6.77. The quantitative estimate of drug-likeness (QED) is 0.802. The highest BCUT2D eigenvalue weighted by atomic mass is 32.2. The molecular weight excluding hydrogens is 291 g/mol. The van der Waals surface area contributed by atoms with E-state index in [1.807, 2.05) is 20.8 Å². The van der Waals surface area contributed by atoms with Gasteiger partial charge in [0.25, 0.3) is 0 Å². The Labute approximate surface area is 127 Å². The molecule has 21 heavy (non-hydrogen) atoms. The number of nitrogens with zero attached hydrogens (tertiary/aromatic N) is 1. The number of benzene rings is 1. The Morgan fingerprint density at radius 1 is 1.24 bits per heavy atom. The van der Waals surface area contributed by atoms with Gasteiger partial charge in [0.05, 0.1) is 4.90 Å². The Balaban J connectivity index is 3.26. The SMILES string of the molecule is CCCN(CC)S(=O)(=O)c1cc(C)c(F)c(CNCC)c1. The highest BCUT2D eigenvalue weighted by Crippen LogP contribution is 2.22. The van der Waals surface area contributed by atoms with Gasteiger partial charge in [0.15, 0.2) is 0 Å². The van der Waals surface area contributed by atoms with Crippen molar-refractivity contribution >= 4 is 10.0 Å². The fourth-order valence-corrected chi connectivity index (χ4v) is 3.87. The van der Waals surface area contributed by atoms with E-state index >= 15 is 0 Å². The zero-order valence-electron chi connectivity index (χ0n) is 13.2. The Hall–Kier alpha value is -0.980. The normalized spacial score (nSPS) is 12.1. The topological polar surface area (TPSA) is 49.4 Å². The summed E-state index contributed by atoms with van der Waals surface area (Å²) in [6, 6.07) is 2.86. The molecule has 0 aliphatic heterocycles. The van der Waals surface area contributed by atoms with Crippen LogP contribution in [0, 0.1) is 12.7 Å². The molecule has 0 atom stereocenters. The maximum absolute atomic E-state index is 14.1. The first-order chi connectivity index (χ1) is 9.88. The third kappa shape index (κ3) is 4.25. The summed E-state index contributed by atoms with van der Waals surface area (Å²) < 4.78 is 40.8. The van der Waals surface area contributed by atoms with E-state index in [1.165, 1.54) is 16.4 Å². The van der Waals surface area contributed by atoms with Crippen LogP contribution in [0.3, 0.4) is 0 Å². The fourth-order valence-electron chi connectivity index (χ4n) is 2.19. The third-order valence-electron chi connectivity index (χ3n) is 3.33. The lowest BCUT2D eigenvalue weighted by Gasteiger charge is -2.21. The van der Waals surface area contributed by atoms with E-state index in [9.17, 15) is 12.8 Å². The number of hydrogen-bond acceptors (Lipinski definition) is 3. The van der Waals surface area contributed by atoms with E-state index in [-0.39, 0.29) is 10.7 Å². The van der Waals surface area contributed by atoms with Gasteiger partial charge < -0.3 is 5.32 Å². The summed E-state index contributed by atoms with van der Waals surface area (Å²) in [4.78, 5) is 0.171. The van der Waals surface area contributed by atoms with Gasteiger partial charge in [-0.1, -0.05) is 20.8 Å². The Morgan fingerprint density at radius 3 is 2.43 bits per heavy atom. The number of sulfonamides is 1. The van der Waals surface area contributed by atoms with Gasteiger partial charge in [-0.3, -0.25) is 0 Å². The van der Waals surface area contributed by atoms with Crippen LogP contribution in [0.15, 0.2) is 17.0 Å². The Morgan fingerprint density at radius 2 is 1.90 bits per heavy atom. The summed E-state index contributed by atoms with van der Waals surface area (Å²) >= 11 is 0. The van der Waals surface area contributed by atoms with Crippen LogP contribution < -0.4 is 5.32 Å². The average molecular weight is 316 g/mol. The third-order valence-corrected chi connectivity index (χ3v) is 5.28. The molecule has 0 saturated heterocycles. The molecule has 4 nitrogen and oxygen atoms in total. The molecule has 1 rings (SSSR count). The van der Waals surface area contributed by atoms with Gasteiger partial charge in [-0.05, 0) is 37.6 Å². The van der Waals surface area contributed by atoms with Crippen molar-refractivity contribution in [2.45, 2.75) is 45.6 Å². The lowest BCUT2D eigenvalue weighted by molar-refractivity contribution is 0.427. The van der Waals surface area contributed by atoms with Crippen molar-refractivity contribution in [1.82, 2.24) is 9.62 Å². The Bertz CT molecular complexity index is 573. The first-order valence-corrected chi connectivity index (χ1v) is 8.82. The van der Waals surface area contributed by atoms with E-state index in [1.54, 1.807) is 6.92 Å². The van der Waals surface area contributed by atoms with Crippen LogP contribution in [-0.2, 0) is 16.6 Å². The van der Waals surface area contributed by atoms with E-state index in [0.29, 0.717) is 37.3 Å². The van der Waals surface area contributed by atoms with Gasteiger partial charge in [0.1, 0.15) is 5.82 Å². The van der Waals surface area contributed by atoms with Crippen LogP contribution in [0.25, 0.3) is 0 Å². The summed E-state index contributed by atoms with van der Waals surface area (Å²) in [5.74, 6) is -0.339. The molecule has 0 heterocycles. The van der Waals surface area contributed by atoms with Crippen molar-refractivity contribution in [3.63, 3.8) is 0 Å². The highest BCUT2D eigenvalue weighted by Gasteiger charge is 2.24. The summed E-state index contributed by atoms with van der Waals surface area (Å²) in [5, 5.41) is 3.03. The summed E-state index contributed by atoms with van der Waals surface area (Å²) in [5.41, 5.74) is 0.750. The van der Waals surface area contributed by atoms with Gasteiger partial charge in [-0.25, -0.2) is 12.8 Å². The maximum atomic E-state index is 14.1. The summed E-state index contributed by atoms with van der Waals surface area (Å²) in [7, 11) is -3.56. The monoisotopic (exact) mass is 316 g/mol. The van der Waals surface area contributed by atoms with Gasteiger partial charge in [-0.2, -0.15) is 4.31 Å². The molecule has 6 heteroatoms. The molecular formula is C15H25FN2O2S. The predicted octanol–water partition coefficient (Wildman–Crippen LogP) is 2.66. The van der Waals surface area contributed by atoms with Crippen LogP contribution in [-0.4, -0.2) is 32.4 Å². The lowest BCUT2D eigenvalue weighted by Crippen LogP contribution is -2.32. The predicted molar refractivity (Wildman–Crippen MR) is 83.2 cm³/mol. The van der Waals surface area contributed by atoms with Crippen LogP contribution in [0.2, 0.25) is 0 Å². The lowest BCUT2D eigenvalue weighted by atomic mass is 10.1. The molecule has 0 saturated carbocycles. The maximum Gasteiger partial charge on any atom is 0.243 e. The van der Waals surface area contributed by atoms with Crippen LogP contribution in [0.5, 0.6) is 0 Å². The van der Waals surface area contributed by atoms with Gasteiger partial charge in [-0.15, -0.1) is 0 Å². The minimum atomic E-state index is -3.56. The van der Waals surface area contributed by atoms with E-state index in [0.717, 1.165) is 6.42 Å². The largest absolute Gasteiger partial charge is 0.313 e. The number of hydrogen-bond donors (Lipinski definition) is 1. The standard InChI is InChI=1S/C15H25FN2O2S/c1-5-8-18(7-3)21(19,20)14-9-12(4)15(16)13(10-14)11-17-6-2/h9-10,17H,5-8,11H2,1-4H3. The second-order valence-corrected chi connectivity index (χ2v) is 6.93. The molecule has 0 unspecified atom stereocenters. The number of halogens is 1. The van der Waals surface area contributed by atoms with Gasteiger partial charge in [0.2, 0.25) is 10.0 Å². The summed E-state index contributed by atoms with van der Waals surface area (Å²) in [6.45, 7) is 9.17. The number of rotatable bonds is 8. The molecule has 0 fully saturated rings. The molecule has 1 aromatic rings. The first kappa shape index (κ1) is 18.1.